The molecule has 1 N–H and O–H groups in total. The summed E-state index contributed by atoms with van der Waals surface area (Å²) in [5, 5.41) is 10.1. The van der Waals surface area contributed by atoms with Crippen LogP contribution in [0.15, 0.2) is 36.7 Å². The minimum atomic E-state index is -0.350. The van der Waals surface area contributed by atoms with E-state index in [1.165, 1.54) is 12.1 Å². The van der Waals surface area contributed by atoms with Crippen LogP contribution < -0.4 is 0 Å². The van der Waals surface area contributed by atoms with Gasteiger partial charge in [-0.1, -0.05) is 12.1 Å². The summed E-state index contributed by atoms with van der Waals surface area (Å²) in [6.45, 7) is 5.56. The van der Waals surface area contributed by atoms with Crippen molar-refractivity contribution in [3.63, 3.8) is 0 Å². The zero-order valence-electron chi connectivity index (χ0n) is 13.0. The lowest BCUT2D eigenvalue weighted by molar-refractivity contribution is 0.170. The van der Waals surface area contributed by atoms with E-state index in [1.54, 1.807) is 12.1 Å². The fourth-order valence-electron chi connectivity index (χ4n) is 3.20. The minimum absolute atomic E-state index is 0.105. The zero-order chi connectivity index (χ0) is 15.7. The molecule has 2 atom stereocenters. The van der Waals surface area contributed by atoms with Crippen LogP contribution in [-0.2, 0) is 6.54 Å². The van der Waals surface area contributed by atoms with Gasteiger partial charge in [0, 0.05) is 31.0 Å². The molecule has 118 valence electrons. The molecule has 0 radical (unpaired) electrons. The van der Waals surface area contributed by atoms with Crippen molar-refractivity contribution in [2.45, 2.75) is 45.0 Å². The number of rotatable bonds is 4. The minimum Gasteiger partial charge on any atom is -0.392 e. The molecule has 1 aliphatic rings. The molecule has 1 aromatic heterocycles. The molecule has 0 spiro atoms. The number of benzene rings is 1. The Labute approximate surface area is 130 Å². The summed E-state index contributed by atoms with van der Waals surface area (Å²) in [4.78, 5) is 6.67. The van der Waals surface area contributed by atoms with E-state index in [4.69, 9.17) is 0 Å². The molecule has 5 heteroatoms. The van der Waals surface area contributed by atoms with Crippen molar-refractivity contribution in [3.8, 4) is 0 Å². The van der Waals surface area contributed by atoms with Gasteiger partial charge < -0.3 is 9.67 Å². The summed E-state index contributed by atoms with van der Waals surface area (Å²) >= 11 is 0. The molecule has 1 aromatic carbocycles. The van der Waals surface area contributed by atoms with E-state index < -0.39 is 0 Å². The molecular formula is C17H22FN3O. The number of aromatic nitrogens is 2. The van der Waals surface area contributed by atoms with Crippen LogP contribution in [0.4, 0.5) is 4.39 Å². The molecule has 1 fully saturated rings. The van der Waals surface area contributed by atoms with Crippen molar-refractivity contribution in [2.24, 2.45) is 0 Å². The topological polar surface area (TPSA) is 41.3 Å². The molecule has 0 aliphatic carbocycles. The number of aliphatic hydroxyl groups excluding tert-OH is 1. The lowest BCUT2D eigenvalue weighted by atomic mass is 10.0. The van der Waals surface area contributed by atoms with Crippen molar-refractivity contribution in [2.75, 3.05) is 6.54 Å². The average Bonchev–Trinajstić information content (AvgIpc) is 3.07. The Morgan fingerprint density at radius 2 is 2.05 bits per heavy atom. The van der Waals surface area contributed by atoms with E-state index in [2.05, 4.69) is 28.3 Å². The zero-order valence-corrected chi connectivity index (χ0v) is 13.0. The summed E-state index contributed by atoms with van der Waals surface area (Å²) < 4.78 is 15.3. The second-order valence-corrected chi connectivity index (χ2v) is 6.23. The molecule has 1 saturated heterocycles. The fraction of sp³-hybridized carbons (Fsp3) is 0.471. The van der Waals surface area contributed by atoms with Crippen molar-refractivity contribution in [3.05, 3.63) is 53.9 Å². The highest BCUT2D eigenvalue weighted by molar-refractivity contribution is 5.21. The molecular weight excluding hydrogens is 281 g/mol. The summed E-state index contributed by atoms with van der Waals surface area (Å²) in [5.41, 5.74) is 1.04. The average molecular weight is 303 g/mol. The maximum atomic E-state index is 13.1. The predicted octanol–water partition coefficient (Wildman–Crippen LogP) is 2.91. The van der Waals surface area contributed by atoms with Crippen LogP contribution in [0.5, 0.6) is 0 Å². The maximum Gasteiger partial charge on any atom is 0.123 e. The van der Waals surface area contributed by atoms with Gasteiger partial charge in [-0.15, -0.1) is 0 Å². The van der Waals surface area contributed by atoms with Crippen molar-refractivity contribution in [1.29, 1.82) is 0 Å². The Balaban J connectivity index is 1.81. The molecule has 0 bridgehead atoms. The van der Waals surface area contributed by atoms with Gasteiger partial charge in [0.2, 0.25) is 0 Å². The number of hydrogen-bond donors (Lipinski definition) is 1. The van der Waals surface area contributed by atoms with Gasteiger partial charge in [0.25, 0.3) is 0 Å². The molecule has 0 saturated carbocycles. The second kappa shape index (κ2) is 6.18. The molecule has 4 nitrogen and oxygen atoms in total. The van der Waals surface area contributed by atoms with Crippen LogP contribution >= 0.6 is 0 Å². The predicted molar refractivity (Wildman–Crippen MR) is 82.8 cm³/mol. The molecule has 2 unspecified atom stereocenters. The highest BCUT2D eigenvalue weighted by atomic mass is 19.1. The van der Waals surface area contributed by atoms with Gasteiger partial charge in [-0.2, -0.15) is 0 Å². The Hall–Kier alpha value is -1.72. The molecule has 2 heterocycles. The van der Waals surface area contributed by atoms with E-state index in [-0.39, 0.29) is 18.0 Å². The van der Waals surface area contributed by atoms with Gasteiger partial charge in [-0.3, -0.25) is 4.90 Å². The van der Waals surface area contributed by atoms with E-state index in [0.717, 1.165) is 11.4 Å². The third kappa shape index (κ3) is 3.05. The highest BCUT2D eigenvalue weighted by Gasteiger charge is 2.32. The van der Waals surface area contributed by atoms with E-state index in [9.17, 15) is 9.50 Å². The van der Waals surface area contributed by atoms with Gasteiger partial charge in [-0.25, -0.2) is 9.37 Å². The number of aliphatic hydroxyl groups is 1. The SMILES string of the molecule is CC(C)n1ccnc1CN1CC(O)CC1c1ccc(F)cc1. The largest absolute Gasteiger partial charge is 0.392 e. The number of likely N-dealkylation sites (tertiary alicyclic amines) is 1. The van der Waals surface area contributed by atoms with Crippen LogP contribution in [-0.4, -0.2) is 32.2 Å². The van der Waals surface area contributed by atoms with Crippen molar-refractivity contribution < 1.29 is 9.50 Å². The lowest BCUT2D eigenvalue weighted by Crippen LogP contribution is -2.26. The summed E-state index contributed by atoms with van der Waals surface area (Å²) in [6.07, 6.45) is 4.12. The normalized spacial score (nSPS) is 22.6. The Morgan fingerprint density at radius 3 is 2.73 bits per heavy atom. The second-order valence-electron chi connectivity index (χ2n) is 6.23. The first-order valence-corrected chi connectivity index (χ1v) is 7.74. The summed E-state index contributed by atoms with van der Waals surface area (Å²) in [5.74, 6) is 0.764. The number of nitrogens with zero attached hydrogens (tertiary/aromatic N) is 3. The smallest absolute Gasteiger partial charge is 0.123 e. The van der Waals surface area contributed by atoms with Crippen LogP contribution in [0.3, 0.4) is 0 Å². The van der Waals surface area contributed by atoms with Gasteiger partial charge in [0.1, 0.15) is 11.6 Å². The van der Waals surface area contributed by atoms with Gasteiger partial charge in [0.05, 0.1) is 12.6 Å². The fourth-order valence-corrected chi connectivity index (χ4v) is 3.20. The first-order valence-electron chi connectivity index (χ1n) is 7.74. The Bertz CT molecular complexity index is 623. The Kier molecular flexibility index (Phi) is 4.27. The van der Waals surface area contributed by atoms with E-state index in [1.807, 2.05) is 12.4 Å². The third-order valence-electron chi connectivity index (χ3n) is 4.29. The van der Waals surface area contributed by atoms with Crippen molar-refractivity contribution in [1.82, 2.24) is 14.5 Å². The molecule has 3 rings (SSSR count). The van der Waals surface area contributed by atoms with Crippen LogP contribution in [0.2, 0.25) is 0 Å². The number of hydrogen-bond acceptors (Lipinski definition) is 3. The number of imidazole rings is 1. The quantitative estimate of drug-likeness (QED) is 0.944. The van der Waals surface area contributed by atoms with Crippen LogP contribution in [0, 0.1) is 5.82 Å². The van der Waals surface area contributed by atoms with Gasteiger partial charge in [0.15, 0.2) is 0 Å². The van der Waals surface area contributed by atoms with E-state index >= 15 is 0 Å². The summed E-state index contributed by atoms with van der Waals surface area (Å²) in [6, 6.07) is 7.03. The monoisotopic (exact) mass is 303 g/mol. The molecule has 1 aliphatic heterocycles. The molecule has 0 amide bonds. The Morgan fingerprint density at radius 1 is 1.32 bits per heavy atom. The van der Waals surface area contributed by atoms with Crippen molar-refractivity contribution >= 4 is 0 Å². The lowest BCUT2D eigenvalue weighted by Gasteiger charge is -2.25. The van der Waals surface area contributed by atoms with Crippen LogP contribution in [0.1, 0.15) is 43.7 Å². The highest BCUT2D eigenvalue weighted by Crippen LogP contribution is 2.33. The maximum absolute atomic E-state index is 13.1. The standard InChI is InChI=1S/C17H22FN3O/c1-12(2)21-8-7-19-17(21)11-20-10-15(22)9-16(20)13-3-5-14(18)6-4-13/h3-8,12,15-16,22H,9-11H2,1-2H3. The first kappa shape index (κ1) is 15.2. The number of halogens is 1. The van der Waals surface area contributed by atoms with Gasteiger partial charge in [-0.05, 0) is 38.0 Å². The summed E-state index contributed by atoms with van der Waals surface area (Å²) in [7, 11) is 0. The van der Waals surface area contributed by atoms with Gasteiger partial charge >= 0.3 is 0 Å². The number of β-amino-alcohol motifs (C(OH)–C–C–N with tert-alkyl or cyclic N) is 1. The molecule has 22 heavy (non-hydrogen) atoms. The molecule has 2 aromatic rings. The van der Waals surface area contributed by atoms with Crippen LogP contribution in [0.25, 0.3) is 0 Å². The van der Waals surface area contributed by atoms with E-state index in [0.29, 0.717) is 25.6 Å². The first-order chi connectivity index (χ1) is 10.5. The third-order valence-corrected chi connectivity index (χ3v) is 4.29.